The maximum absolute atomic E-state index is 6.33. The molecule has 1 aromatic heterocycles. The second kappa shape index (κ2) is 6.06. The van der Waals surface area contributed by atoms with Gasteiger partial charge in [0.05, 0.1) is 17.1 Å². The van der Waals surface area contributed by atoms with Crippen molar-refractivity contribution in [3.8, 4) is 0 Å². The van der Waals surface area contributed by atoms with E-state index >= 15 is 0 Å². The van der Waals surface area contributed by atoms with Gasteiger partial charge in [-0.3, -0.25) is 0 Å². The zero-order valence-electron chi connectivity index (χ0n) is 11.9. The topological polar surface area (TPSA) is 43.8 Å². The van der Waals surface area contributed by atoms with E-state index in [1.165, 1.54) is 11.9 Å². The number of hydrogen-bond donors (Lipinski definition) is 1. The number of benzene rings is 1. The highest BCUT2D eigenvalue weighted by atomic mass is 79.9. The van der Waals surface area contributed by atoms with Crippen molar-refractivity contribution in [3.63, 3.8) is 0 Å². The van der Waals surface area contributed by atoms with E-state index in [4.69, 9.17) is 10.7 Å². The van der Waals surface area contributed by atoms with E-state index in [2.05, 4.69) is 59.5 Å². The average Bonchev–Trinajstić information content (AvgIpc) is 2.74. The Labute approximate surface area is 123 Å². The van der Waals surface area contributed by atoms with Crippen LogP contribution in [-0.2, 0) is 0 Å². The van der Waals surface area contributed by atoms with Gasteiger partial charge in [0, 0.05) is 10.5 Å². The van der Waals surface area contributed by atoms with Gasteiger partial charge >= 0.3 is 0 Å². The van der Waals surface area contributed by atoms with Crippen molar-refractivity contribution in [1.82, 2.24) is 9.55 Å². The molecule has 0 bridgehead atoms. The molecule has 0 fully saturated rings. The van der Waals surface area contributed by atoms with Gasteiger partial charge in [-0.25, -0.2) is 4.98 Å². The Morgan fingerprint density at radius 1 is 1.37 bits per heavy atom. The zero-order chi connectivity index (χ0) is 14.0. The fourth-order valence-corrected chi connectivity index (χ4v) is 2.80. The minimum atomic E-state index is 0.0218. The van der Waals surface area contributed by atoms with Crippen LogP contribution in [-0.4, -0.2) is 9.55 Å². The number of aromatic nitrogens is 2. The minimum Gasteiger partial charge on any atom is -0.324 e. The van der Waals surface area contributed by atoms with E-state index in [-0.39, 0.29) is 6.04 Å². The van der Waals surface area contributed by atoms with Crippen molar-refractivity contribution >= 4 is 27.0 Å². The molecule has 0 aliphatic rings. The number of fused-ring (bicyclic) bond motifs is 1. The first kappa shape index (κ1) is 14.5. The van der Waals surface area contributed by atoms with Crippen molar-refractivity contribution in [1.29, 1.82) is 0 Å². The molecule has 1 unspecified atom stereocenters. The molecule has 2 rings (SSSR count). The van der Waals surface area contributed by atoms with Gasteiger partial charge < -0.3 is 10.3 Å². The molecule has 0 radical (unpaired) electrons. The van der Waals surface area contributed by atoms with Crippen molar-refractivity contribution < 1.29 is 0 Å². The lowest BCUT2D eigenvalue weighted by Gasteiger charge is -2.17. The molecule has 19 heavy (non-hydrogen) atoms. The van der Waals surface area contributed by atoms with Gasteiger partial charge in [-0.2, -0.15) is 0 Å². The third-order valence-electron chi connectivity index (χ3n) is 3.40. The fraction of sp³-hybridized carbons (Fsp3) is 0.533. The van der Waals surface area contributed by atoms with Gasteiger partial charge in [0.2, 0.25) is 0 Å². The van der Waals surface area contributed by atoms with E-state index in [9.17, 15) is 0 Å². The van der Waals surface area contributed by atoms with Gasteiger partial charge in [-0.05, 0) is 38.5 Å². The zero-order valence-corrected chi connectivity index (χ0v) is 13.4. The number of rotatable bonds is 5. The van der Waals surface area contributed by atoms with E-state index < -0.39 is 0 Å². The van der Waals surface area contributed by atoms with E-state index in [0.29, 0.717) is 6.04 Å². The fourth-order valence-electron chi connectivity index (χ4n) is 2.45. The van der Waals surface area contributed by atoms with Gasteiger partial charge in [-0.1, -0.05) is 35.7 Å². The van der Waals surface area contributed by atoms with Gasteiger partial charge in [0.25, 0.3) is 0 Å². The van der Waals surface area contributed by atoms with Crippen LogP contribution < -0.4 is 5.73 Å². The highest BCUT2D eigenvalue weighted by Crippen LogP contribution is 2.28. The predicted octanol–water partition coefficient (Wildman–Crippen LogP) is 4.57. The summed E-state index contributed by atoms with van der Waals surface area (Å²) in [5.41, 5.74) is 8.51. The average molecular weight is 324 g/mol. The molecule has 0 amide bonds. The normalized spacial score (nSPS) is 13.4. The molecule has 1 atom stereocenters. The smallest absolute Gasteiger partial charge is 0.127 e. The second-order valence-corrected chi connectivity index (χ2v) is 6.23. The molecule has 2 N–H and O–H groups in total. The lowest BCUT2D eigenvalue weighted by atomic mass is 10.1. The molecular formula is C15H22BrN3. The van der Waals surface area contributed by atoms with E-state index in [1.54, 1.807) is 0 Å². The summed E-state index contributed by atoms with van der Waals surface area (Å²) in [6, 6.07) is 6.62. The molecule has 1 aromatic carbocycles. The molecule has 1 heterocycles. The van der Waals surface area contributed by atoms with Crippen molar-refractivity contribution in [3.05, 3.63) is 28.5 Å². The Bertz CT molecular complexity index is 560. The lowest BCUT2D eigenvalue weighted by molar-refractivity contribution is 0.510. The monoisotopic (exact) mass is 323 g/mol. The standard InChI is InChI=1S/C15H22BrN3/c1-4-5-6-12(17)15-18-13-9-11(16)7-8-14(13)19(15)10(2)3/h7-10,12H,4-6,17H2,1-3H3. The van der Waals surface area contributed by atoms with Gasteiger partial charge in [-0.15, -0.1) is 0 Å². The third kappa shape index (κ3) is 3.00. The summed E-state index contributed by atoms with van der Waals surface area (Å²) in [5, 5.41) is 0. The SMILES string of the molecule is CCCCC(N)c1nc2cc(Br)ccc2n1C(C)C. The quantitative estimate of drug-likeness (QED) is 0.875. The molecule has 0 aliphatic carbocycles. The Hall–Kier alpha value is -0.870. The summed E-state index contributed by atoms with van der Waals surface area (Å²) in [5.74, 6) is 1.01. The summed E-state index contributed by atoms with van der Waals surface area (Å²) in [6.45, 7) is 6.55. The highest BCUT2D eigenvalue weighted by molar-refractivity contribution is 9.10. The first-order valence-electron chi connectivity index (χ1n) is 6.97. The summed E-state index contributed by atoms with van der Waals surface area (Å²) < 4.78 is 3.32. The number of nitrogens with two attached hydrogens (primary N) is 1. The van der Waals surface area contributed by atoms with Crippen LogP contribution in [0.5, 0.6) is 0 Å². The third-order valence-corrected chi connectivity index (χ3v) is 3.89. The predicted molar refractivity (Wildman–Crippen MR) is 84.3 cm³/mol. The summed E-state index contributed by atoms with van der Waals surface area (Å²) in [7, 11) is 0. The van der Waals surface area contributed by atoms with Crippen LogP contribution in [0.3, 0.4) is 0 Å². The van der Waals surface area contributed by atoms with E-state index in [0.717, 1.165) is 28.7 Å². The Morgan fingerprint density at radius 2 is 2.11 bits per heavy atom. The molecule has 0 aliphatic heterocycles. The maximum atomic E-state index is 6.33. The van der Waals surface area contributed by atoms with Crippen LogP contribution in [0.4, 0.5) is 0 Å². The van der Waals surface area contributed by atoms with Crippen LogP contribution in [0.2, 0.25) is 0 Å². The summed E-state index contributed by atoms with van der Waals surface area (Å²) in [4.78, 5) is 4.76. The molecule has 3 nitrogen and oxygen atoms in total. The maximum Gasteiger partial charge on any atom is 0.127 e. The molecule has 104 valence electrons. The van der Waals surface area contributed by atoms with Crippen molar-refractivity contribution in [2.45, 2.75) is 52.1 Å². The van der Waals surface area contributed by atoms with Crippen LogP contribution in [0, 0.1) is 0 Å². The first-order chi connectivity index (χ1) is 9.04. The van der Waals surface area contributed by atoms with Crippen LogP contribution in [0.15, 0.2) is 22.7 Å². The molecule has 2 aromatic rings. The molecule has 0 saturated heterocycles. The number of nitrogens with zero attached hydrogens (tertiary/aromatic N) is 2. The number of hydrogen-bond acceptors (Lipinski definition) is 2. The van der Waals surface area contributed by atoms with Crippen LogP contribution in [0.25, 0.3) is 11.0 Å². The molecule has 4 heteroatoms. The van der Waals surface area contributed by atoms with Crippen LogP contribution >= 0.6 is 15.9 Å². The first-order valence-corrected chi connectivity index (χ1v) is 7.76. The van der Waals surface area contributed by atoms with Crippen molar-refractivity contribution in [2.24, 2.45) is 5.73 Å². The van der Waals surface area contributed by atoms with E-state index in [1.807, 2.05) is 0 Å². The van der Waals surface area contributed by atoms with Crippen LogP contribution in [0.1, 0.15) is 57.9 Å². The number of unbranched alkanes of at least 4 members (excludes halogenated alkanes) is 1. The second-order valence-electron chi connectivity index (χ2n) is 5.32. The molecule has 0 saturated carbocycles. The summed E-state index contributed by atoms with van der Waals surface area (Å²) in [6.07, 6.45) is 3.31. The lowest BCUT2D eigenvalue weighted by Crippen LogP contribution is -2.17. The Balaban J connectivity index is 2.49. The Morgan fingerprint density at radius 3 is 2.74 bits per heavy atom. The summed E-state index contributed by atoms with van der Waals surface area (Å²) >= 11 is 3.50. The molecule has 0 spiro atoms. The Kier molecular flexibility index (Phi) is 4.63. The number of halogens is 1. The largest absolute Gasteiger partial charge is 0.324 e. The minimum absolute atomic E-state index is 0.0218. The van der Waals surface area contributed by atoms with Gasteiger partial charge in [0.15, 0.2) is 0 Å². The number of imidazole rings is 1. The van der Waals surface area contributed by atoms with Gasteiger partial charge in [0.1, 0.15) is 5.82 Å². The highest BCUT2D eigenvalue weighted by Gasteiger charge is 2.18. The molecular weight excluding hydrogens is 302 g/mol. The van der Waals surface area contributed by atoms with Crippen molar-refractivity contribution in [2.75, 3.05) is 0 Å².